The molecular formula is C22H25N5S. The van der Waals surface area contributed by atoms with Crippen LogP contribution in [0.3, 0.4) is 0 Å². The monoisotopic (exact) mass is 391 g/mol. The molecule has 5 nitrogen and oxygen atoms in total. The predicted octanol–water partition coefficient (Wildman–Crippen LogP) is 4.21. The zero-order valence-corrected chi connectivity index (χ0v) is 17.2. The van der Waals surface area contributed by atoms with Crippen molar-refractivity contribution in [3.05, 3.63) is 84.2 Å². The molecule has 4 rings (SSSR count). The molecule has 1 fully saturated rings. The lowest BCUT2D eigenvalue weighted by Crippen LogP contribution is -2.29. The molecule has 1 aliphatic heterocycles. The molecule has 3 aromatic heterocycles. The largest absolute Gasteiger partial charge is 0.352 e. The standard InChI is InChI=1S/C22H25N5S/c1-22(2,3)26-13-10-16(14-26)20-19(18-9-5-7-12-24-18)25-21(28)27(20)15-17-8-4-6-11-23-17/h4-14,19-20H,15H2,1-3H3,(H,25,28)/t19-,20-/m1/s1. The van der Waals surface area contributed by atoms with Crippen molar-refractivity contribution in [2.24, 2.45) is 0 Å². The first-order chi connectivity index (χ1) is 13.4. The fraction of sp³-hybridized carbons (Fsp3) is 0.318. The summed E-state index contributed by atoms with van der Waals surface area (Å²) in [4.78, 5) is 11.3. The highest BCUT2D eigenvalue weighted by Crippen LogP contribution is 2.39. The summed E-state index contributed by atoms with van der Waals surface area (Å²) in [5.41, 5.74) is 3.22. The Morgan fingerprint density at radius 1 is 1.04 bits per heavy atom. The molecule has 0 bridgehead atoms. The molecule has 28 heavy (non-hydrogen) atoms. The SMILES string of the molecule is CC(C)(C)n1ccc([C@@H]2[C@@H](c3ccccn3)NC(=S)N2Cc2ccccn2)c1. The third-order valence-corrected chi connectivity index (χ3v) is 5.44. The highest BCUT2D eigenvalue weighted by Gasteiger charge is 2.40. The van der Waals surface area contributed by atoms with Crippen molar-refractivity contribution in [2.45, 2.75) is 44.9 Å². The Hall–Kier alpha value is -2.73. The molecule has 0 radical (unpaired) electrons. The minimum Gasteiger partial charge on any atom is -0.352 e. The number of rotatable bonds is 4. The van der Waals surface area contributed by atoms with Crippen LogP contribution in [0.1, 0.15) is 49.8 Å². The van der Waals surface area contributed by atoms with Crippen molar-refractivity contribution in [1.82, 2.24) is 24.8 Å². The van der Waals surface area contributed by atoms with Gasteiger partial charge in [-0.15, -0.1) is 0 Å². The Bertz CT molecular complexity index is 946. The lowest BCUT2D eigenvalue weighted by atomic mass is 9.99. The van der Waals surface area contributed by atoms with Crippen LogP contribution in [0, 0.1) is 0 Å². The van der Waals surface area contributed by atoms with Crippen LogP contribution < -0.4 is 5.32 Å². The number of pyridine rings is 2. The Morgan fingerprint density at radius 3 is 2.39 bits per heavy atom. The molecule has 2 atom stereocenters. The molecule has 0 spiro atoms. The van der Waals surface area contributed by atoms with Gasteiger partial charge in [0.25, 0.3) is 0 Å². The summed E-state index contributed by atoms with van der Waals surface area (Å²) in [6.07, 6.45) is 8.02. The number of thiocarbonyl (C=S) groups is 1. The molecule has 0 saturated carbocycles. The quantitative estimate of drug-likeness (QED) is 0.675. The van der Waals surface area contributed by atoms with Crippen molar-refractivity contribution >= 4 is 17.3 Å². The van der Waals surface area contributed by atoms with Crippen molar-refractivity contribution in [2.75, 3.05) is 0 Å². The molecule has 3 aromatic rings. The summed E-state index contributed by atoms with van der Waals surface area (Å²) >= 11 is 5.73. The van der Waals surface area contributed by atoms with E-state index in [4.69, 9.17) is 12.2 Å². The first kappa shape index (κ1) is 18.6. The molecular weight excluding hydrogens is 366 g/mol. The van der Waals surface area contributed by atoms with E-state index in [1.165, 1.54) is 5.56 Å². The second kappa shape index (κ2) is 7.36. The van der Waals surface area contributed by atoms with Crippen LogP contribution in [0.5, 0.6) is 0 Å². The van der Waals surface area contributed by atoms with Crippen LogP contribution in [0.25, 0.3) is 0 Å². The predicted molar refractivity (Wildman–Crippen MR) is 115 cm³/mol. The summed E-state index contributed by atoms with van der Waals surface area (Å²) in [5.74, 6) is 0. The molecule has 4 heterocycles. The molecule has 0 aliphatic carbocycles. The highest BCUT2D eigenvalue weighted by atomic mass is 32.1. The van der Waals surface area contributed by atoms with E-state index < -0.39 is 0 Å². The topological polar surface area (TPSA) is 46.0 Å². The molecule has 0 amide bonds. The first-order valence-electron chi connectivity index (χ1n) is 9.50. The number of aromatic nitrogens is 3. The van der Waals surface area contributed by atoms with Gasteiger partial charge in [-0.1, -0.05) is 12.1 Å². The molecule has 144 valence electrons. The van der Waals surface area contributed by atoms with Gasteiger partial charge in [-0.2, -0.15) is 0 Å². The smallest absolute Gasteiger partial charge is 0.170 e. The lowest BCUT2D eigenvalue weighted by molar-refractivity contribution is 0.306. The van der Waals surface area contributed by atoms with Gasteiger partial charge < -0.3 is 14.8 Å². The summed E-state index contributed by atoms with van der Waals surface area (Å²) in [6.45, 7) is 7.27. The van der Waals surface area contributed by atoms with Crippen LogP contribution in [0.2, 0.25) is 0 Å². The Morgan fingerprint density at radius 2 is 1.79 bits per heavy atom. The normalized spacial score (nSPS) is 19.7. The van der Waals surface area contributed by atoms with E-state index in [0.29, 0.717) is 6.54 Å². The zero-order valence-electron chi connectivity index (χ0n) is 16.4. The number of nitrogens with one attached hydrogen (secondary N) is 1. The fourth-order valence-electron chi connectivity index (χ4n) is 3.61. The van der Waals surface area contributed by atoms with Gasteiger partial charge in [-0.3, -0.25) is 9.97 Å². The van der Waals surface area contributed by atoms with Crippen molar-refractivity contribution in [1.29, 1.82) is 0 Å². The molecule has 1 aliphatic rings. The molecule has 6 heteroatoms. The van der Waals surface area contributed by atoms with Gasteiger partial charge in [0, 0.05) is 30.3 Å². The maximum absolute atomic E-state index is 5.73. The van der Waals surface area contributed by atoms with Gasteiger partial charge in [0.05, 0.1) is 30.0 Å². The number of hydrogen-bond donors (Lipinski definition) is 1. The number of hydrogen-bond acceptors (Lipinski definition) is 3. The Kier molecular flexibility index (Phi) is 4.89. The average molecular weight is 392 g/mol. The number of nitrogens with zero attached hydrogens (tertiary/aromatic N) is 4. The maximum Gasteiger partial charge on any atom is 0.170 e. The maximum atomic E-state index is 5.73. The molecule has 0 unspecified atom stereocenters. The van der Waals surface area contributed by atoms with Crippen LogP contribution in [-0.4, -0.2) is 24.5 Å². The van der Waals surface area contributed by atoms with Gasteiger partial charge in [-0.25, -0.2) is 0 Å². The fourth-order valence-corrected chi connectivity index (χ4v) is 3.92. The third kappa shape index (κ3) is 3.64. The van der Waals surface area contributed by atoms with Crippen molar-refractivity contribution in [3.63, 3.8) is 0 Å². The van der Waals surface area contributed by atoms with E-state index in [2.05, 4.69) is 70.0 Å². The van der Waals surface area contributed by atoms with Crippen LogP contribution in [0.4, 0.5) is 0 Å². The van der Waals surface area contributed by atoms with E-state index in [1.807, 2.05) is 42.7 Å². The second-order valence-electron chi connectivity index (χ2n) is 8.10. The van der Waals surface area contributed by atoms with Crippen LogP contribution >= 0.6 is 12.2 Å². The van der Waals surface area contributed by atoms with Crippen molar-refractivity contribution in [3.8, 4) is 0 Å². The Labute approximate surface area is 171 Å². The zero-order chi connectivity index (χ0) is 19.7. The molecule has 0 aromatic carbocycles. The lowest BCUT2D eigenvalue weighted by Gasteiger charge is -2.27. The van der Waals surface area contributed by atoms with E-state index in [-0.39, 0.29) is 17.6 Å². The summed E-state index contributed by atoms with van der Waals surface area (Å²) < 4.78 is 2.25. The average Bonchev–Trinajstić information content (AvgIpc) is 3.29. The van der Waals surface area contributed by atoms with Crippen LogP contribution in [0.15, 0.2) is 67.3 Å². The summed E-state index contributed by atoms with van der Waals surface area (Å²) in [6, 6.07) is 14.2. The second-order valence-corrected chi connectivity index (χ2v) is 8.49. The van der Waals surface area contributed by atoms with E-state index in [9.17, 15) is 0 Å². The van der Waals surface area contributed by atoms with E-state index in [0.717, 1.165) is 16.5 Å². The van der Waals surface area contributed by atoms with Gasteiger partial charge in [0.1, 0.15) is 0 Å². The first-order valence-corrected chi connectivity index (χ1v) is 9.90. The summed E-state index contributed by atoms with van der Waals surface area (Å²) in [5, 5.41) is 4.23. The van der Waals surface area contributed by atoms with Crippen LogP contribution in [-0.2, 0) is 12.1 Å². The van der Waals surface area contributed by atoms with Crippen molar-refractivity contribution < 1.29 is 0 Å². The van der Waals surface area contributed by atoms with Gasteiger partial charge in [0.15, 0.2) is 5.11 Å². The van der Waals surface area contributed by atoms with E-state index >= 15 is 0 Å². The van der Waals surface area contributed by atoms with Gasteiger partial charge >= 0.3 is 0 Å². The third-order valence-electron chi connectivity index (χ3n) is 5.09. The minimum atomic E-state index is -0.00627. The molecule has 1 N–H and O–H groups in total. The minimum absolute atomic E-state index is 0.00627. The van der Waals surface area contributed by atoms with Gasteiger partial charge in [0.2, 0.25) is 0 Å². The molecule has 1 saturated heterocycles. The van der Waals surface area contributed by atoms with E-state index in [1.54, 1.807) is 0 Å². The summed E-state index contributed by atoms with van der Waals surface area (Å²) in [7, 11) is 0. The van der Waals surface area contributed by atoms with Gasteiger partial charge in [-0.05, 0) is 68.9 Å². The Balaban J connectivity index is 1.74. The highest BCUT2D eigenvalue weighted by molar-refractivity contribution is 7.80.